The molecule has 20 heavy (non-hydrogen) atoms. The van der Waals surface area contributed by atoms with E-state index in [0.717, 1.165) is 6.07 Å². The van der Waals surface area contributed by atoms with Crippen molar-refractivity contribution in [2.75, 3.05) is 5.75 Å². The molecule has 0 amide bonds. The van der Waals surface area contributed by atoms with E-state index in [1.807, 2.05) is 0 Å². The van der Waals surface area contributed by atoms with Crippen LogP contribution in [0.3, 0.4) is 0 Å². The van der Waals surface area contributed by atoms with Crippen molar-refractivity contribution in [3.63, 3.8) is 0 Å². The number of nitrogens with two attached hydrogens (primary N) is 1. The second-order valence-corrected chi connectivity index (χ2v) is 5.50. The van der Waals surface area contributed by atoms with Crippen molar-refractivity contribution < 1.29 is 13.2 Å². The molecule has 1 nitrogen and oxygen atoms in total. The lowest BCUT2D eigenvalue weighted by Gasteiger charge is -2.12. The molecule has 0 aliphatic rings. The van der Waals surface area contributed by atoms with Gasteiger partial charge in [-0.05, 0) is 30.2 Å². The Morgan fingerprint density at radius 1 is 1.00 bits per heavy atom. The predicted molar refractivity (Wildman–Crippen MR) is 75.2 cm³/mol. The van der Waals surface area contributed by atoms with Crippen LogP contribution >= 0.6 is 11.8 Å². The van der Waals surface area contributed by atoms with E-state index in [-0.39, 0.29) is 18.3 Å². The van der Waals surface area contributed by atoms with E-state index in [9.17, 15) is 13.2 Å². The maximum Gasteiger partial charge on any atom is 0.136 e. The molecule has 106 valence electrons. The minimum absolute atomic E-state index is 0.285. The van der Waals surface area contributed by atoms with Gasteiger partial charge >= 0.3 is 0 Å². The highest BCUT2D eigenvalue weighted by atomic mass is 32.2. The first kappa shape index (κ1) is 14.9. The lowest BCUT2D eigenvalue weighted by atomic mass is 10.1. The Bertz CT molecular complexity index is 589. The highest BCUT2D eigenvalue weighted by molar-refractivity contribution is 7.99. The number of hydrogen-bond donors (Lipinski definition) is 1. The Balaban J connectivity index is 1.92. The summed E-state index contributed by atoms with van der Waals surface area (Å²) in [5.41, 5.74) is 6.28. The number of rotatable bonds is 5. The SMILES string of the molecule is NC(CSc1ccccc1F)Cc1ccc(F)cc1F. The van der Waals surface area contributed by atoms with Gasteiger partial charge in [0.2, 0.25) is 0 Å². The van der Waals surface area contributed by atoms with E-state index in [4.69, 9.17) is 5.73 Å². The predicted octanol–water partition coefficient (Wildman–Crippen LogP) is 3.77. The molecule has 2 N–H and O–H groups in total. The van der Waals surface area contributed by atoms with Gasteiger partial charge in [0.05, 0.1) is 0 Å². The average Bonchev–Trinajstić information content (AvgIpc) is 2.41. The van der Waals surface area contributed by atoms with Crippen LogP contribution in [0, 0.1) is 17.5 Å². The van der Waals surface area contributed by atoms with Crippen molar-refractivity contribution in [1.82, 2.24) is 0 Å². The van der Waals surface area contributed by atoms with Gasteiger partial charge in [-0.1, -0.05) is 18.2 Å². The number of thioether (sulfide) groups is 1. The fraction of sp³-hybridized carbons (Fsp3) is 0.200. The van der Waals surface area contributed by atoms with Crippen LogP contribution in [0.1, 0.15) is 5.56 Å². The van der Waals surface area contributed by atoms with E-state index < -0.39 is 11.6 Å². The topological polar surface area (TPSA) is 26.0 Å². The summed E-state index contributed by atoms with van der Waals surface area (Å²) in [5, 5.41) is 0. The Morgan fingerprint density at radius 3 is 2.45 bits per heavy atom. The first-order valence-electron chi connectivity index (χ1n) is 6.13. The van der Waals surface area contributed by atoms with Gasteiger partial charge in [0.1, 0.15) is 17.5 Å². The molecular weight excluding hydrogens is 283 g/mol. The molecule has 0 spiro atoms. The summed E-state index contributed by atoms with van der Waals surface area (Å²) in [4.78, 5) is 0.516. The van der Waals surface area contributed by atoms with E-state index in [0.29, 0.717) is 16.2 Å². The van der Waals surface area contributed by atoms with Crippen molar-refractivity contribution in [1.29, 1.82) is 0 Å². The molecule has 2 aromatic rings. The van der Waals surface area contributed by atoms with Gasteiger partial charge in [-0.3, -0.25) is 0 Å². The molecule has 0 saturated carbocycles. The number of hydrogen-bond acceptors (Lipinski definition) is 2. The van der Waals surface area contributed by atoms with Crippen LogP contribution in [0.4, 0.5) is 13.2 Å². The normalized spacial score (nSPS) is 12.4. The van der Waals surface area contributed by atoms with E-state index >= 15 is 0 Å². The summed E-state index contributed by atoms with van der Waals surface area (Å²) in [6.45, 7) is 0. The van der Waals surface area contributed by atoms with E-state index in [1.54, 1.807) is 18.2 Å². The smallest absolute Gasteiger partial charge is 0.136 e. The largest absolute Gasteiger partial charge is 0.327 e. The van der Waals surface area contributed by atoms with Gasteiger partial charge in [0.25, 0.3) is 0 Å². The van der Waals surface area contributed by atoms with Crippen molar-refractivity contribution in [2.24, 2.45) is 5.73 Å². The number of halogens is 3. The highest BCUT2D eigenvalue weighted by Gasteiger charge is 2.11. The summed E-state index contributed by atoms with van der Waals surface area (Å²) in [6.07, 6.45) is 0.285. The van der Waals surface area contributed by atoms with Gasteiger partial charge in [-0.25, -0.2) is 13.2 Å². The third-order valence-corrected chi connectivity index (χ3v) is 4.02. The van der Waals surface area contributed by atoms with Crippen LogP contribution in [-0.2, 0) is 6.42 Å². The van der Waals surface area contributed by atoms with E-state index in [1.165, 1.54) is 30.0 Å². The van der Waals surface area contributed by atoms with Crippen LogP contribution in [0.15, 0.2) is 47.4 Å². The van der Waals surface area contributed by atoms with Crippen molar-refractivity contribution in [3.05, 3.63) is 65.5 Å². The van der Waals surface area contributed by atoms with Crippen LogP contribution in [0.2, 0.25) is 0 Å². The molecule has 0 saturated heterocycles. The maximum absolute atomic E-state index is 13.5. The highest BCUT2D eigenvalue weighted by Crippen LogP contribution is 2.22. The van der Waals surface area contributed by atoms with Crippen LogP contribution in [0.5, 0.6) is 0 Å². The molecule has 2 aromatic carbocycles. The first-order chi connectivity index (χ1) is 9.56. The summed E-state index contributed by atoms with van der Waals surface area (Å²) in [6, 6.07) is 9.52. The minimum atomic E-state index is -0.611. The standard InChI is InChI=1S/C15H14F3NS/c16-11-6-5-10(14(18)8-11)7-12(19)9-20-15-4-2-1-3-13(15)17/h1-6,8,12H,7,9,19H2. The summed E-state index contributed by atoms with van der Waals surface area (Å²) >= 11 is 1.29. The fourth-order valence-corrected chi connectivity index (χ4v) is 2.68. The third-order valence-electron chi connectivity index (χ3n) is 2.79. The summed E-state index contributed by atoms with van der Waals surface area (Å²) in [5.74, 6) is -1.05. The van der Waals surface area contributed by atoms with Crippen molar-refractivity contribution in [2.45, 2.75) is 17.4 Å². The molecule has 1 atom stereocenters. The molecule has 0 aliphatic carbocycles. The van der Waals surface area contributed by atoms with Crippen LogP contribution in [-0.4, -0.2) is 11.8 Å². The lowest BCUT2D eigenvalue weighted by molar-refractivity contribution is 0.565. The van der Waals surface area contributed by atoms with Gasteiger partial charge in [0, 0.05) is 22.8 Å². The maximum atomic E-state index is 13.5. The lowest BCUT2D eigenvalue weighted by Crippen LogP contribution is -2.26. The molecule has 0 radical (unpaired) electrons. The van der Waals surface area contributed by atoms with Gasteiger partial charge in [0.15, 0.2) is 0 Å². The quantitative estimate of drug-likeness (QED) is 0.850. The first-order valence-corrected chi connectivity index (χ1v) is 7.11. The zero-order valence-corrected chi connectivity index (χ0v) is 11.5. The van der Waals surface area contributed by atoms with Gasteiger partial charge in [-0.15, -0.1) is 11.8 Å². The molecule has 0 aromatic heterocycles. The second-order valence-electron chi connectivity index (χ2n) is 4.44. The Labute approximate surface area is 120 Å². The van der Waals surface area contributed by atoms with Crippen molar-refractivity contribution >= 4 is 11.8 Å². The third kappa shape index (κ3) is 4.02. The Kier molecular flexibility index (Phi) is 5.09. The average molecular weight is 297 g/mol. The fourth-order valence-electron chi connectivity index (χ4n) is 1.79. The summed E-state index contributed by atoms with van der Waals surface area (Å²) < 4.78 is 39.7. The molecular formula is C15H14F3NS. The minimum Gasteiger partial charge on any atom is -0.327 e. The molecule has 2 rings (SSSR count). The monoisotopic (exact) mass is 297 g/mol. The van der Waals surface area contributed by atoms with Crippen LogP contribution < -0.4 is 5.73 Å². The van der Waals surface area contributed by atoms with Crippen LogP contribution in [0.25, 0.3) is 0 Å². The molecule has 0 fully saturated rings. The Hall–Kier alpha value is -1.46. The molecule has 0 aliphatic heterocycles. The van der Waals surface area contributed by atoms with Gasteiger partial charge in [-0.2, -0.15) is 0 Å². The zero-order chi connectivity index (χ0) is 14.5. The number of benzene rings is 2. The molecule has 0 heterocycles. The Morgan fingerprint density at radius 2 is 1.75 bits per heavy atom. The molecule has 5 heteroatoms. The van der Waals surface area contributed by atoms with Gasteiger partial charge < -0.3 is 5.73 Å². The molecule has 0 bridgehead atoms. The summed E-state index contributed by atoms with van der Waals surface area (Å²) in [7, 11) is 0. The second kappa shape index (κ2) is 6.81. The van der Waals surface area contributed by atoms with E-state index in [2.05, 4.69) is 0 Å². The zero-order valence-electron chi connectivity index (χ0n) is 10.7. The van der Waals surface area contributed by atoms with Crippen molar-refractivity contribution in [3.8, 4) is 0 Å². The molecule has 1 unspecified atom stereocenters.